The van der Waals surface area contributed by atoms with E-state index in [1.807, 2.05) is 45.2 Å². The average Bonchev–Trinajstić information content (AvgIpc) is 2.64. The largest absolute Gasteiger partial charge is 0.493 e. The lowest BCUT2D eigenvalue weighted by atomic mass is 9.82. The van der Waals surface area contributed by atoms with Gasteiger partial charge in [0.2, 0.25) is 5.91 Å². The van der Waals surface area contributed by atoms with Crippen LogP contribution in [-0.4, -0.2) is 44.1 Å². The number of rotatable bonds is 8. The summed E-state index contributed by atoms with van der Waals surface area (Å²) in [6.45, 7) is 11.9. The van der Waals surface area contributed by atoms with Crippen molar-refractivity contribution in [3.8, 4) is 5.75 Å². The normalized spacial score (nSPS) is 15.6. The van der Waals surface area contributed by atoms with Gasteiger partial charge in [0.25, 0.3) is 0 Å². The highest BCUT2D eigenvalue weighted by molar-refractivity contribution is 5.87. The minimum absolute atomic E-state index is 0. The Balaban J connectivity index is 0.00000364. The van der Waals surface area contributed by atoms with Crippen LogP contribution in [0.25, 0.3) is 0 Å². The maximum atomic E-state index is 13.1. The second-order valence-electron chi connectivity index (χ2n) is 8.48. The van der Waals surface area contributed by atoms with Gasteiger partial charge in [0.1, 0.15) is 5.75 Å². The highest BCUT2D eigenvalue weighted by atomic mass is 35.5. The first kappa shape index (κ1) is 23.8. The summed E-state index contributed by atoms with van der Waals surface area (Å²) in [4.78, 5) is 15.2. The van der Waals surface area contributed by atoms with Gasteiger partial charge in [-0.1, -0.05) is 26.0 Å². The first-order chi connectivity index (χ1) is 12.3. The molecule has 2 rings (SSSR count). The second-order valence-corrected chi connectivity index (χ2v) is 8.48. The Morgan fingerprint density at radius 1 is 1.22 bits per heavy atom. The van der Waals surface area contributed by atoms with Gasteiger partial charge in [0.05, 0.1) is 12.0 Å². The van der Waals surface area contributed by atoms with E-state index in [0.717, 1.165) is 49.7 Å². The predicted octanol–water partition coefficient (Wildman–Crippen LogP) is 4.27. The number of halogens is 1. The lowest BCUT2D eigenvalue weighted by Gasteiger charge is -2.37. The Bertz CT molecular complexity index is 564. The third kappa shape index (κ3) is 6.69. The van der Waals surface area contributed by atoms with Crippen molar-refractivity contribution >= 4 is 18.3 Å². The number of ether oxygens (including phenoxy) is 1. The van der Waals surface area contributed by atoms with Crippen LogP contribution < -0.4 is 10.1 Å². The van der Waals surface area contributed by atoms with E-state index in [1.165, 1.54) is 6.42 Å². The number of piperidine rings is 1. The van der Waals surface area contributed by atoms with Crippen LogP contribution in [0.15, 0.2) is 24.3 Å². The zero-order valence-corrected chi connectivity index (χ0v) is 18.4. The van der Waals surface area contributed by atoms with Crippen molar-refractivity contribution < 1.29 is 9.53 Å². The number of benzene rings is 1. The number of nitrogens with zero attached hydrogens (tertiary/aromatic N) is 1. The summed E-state index contributed by atoms with van der Waals surface area (Å²) in [6.07, 6.45) is 3.44. The van der Waals surface area contributed by atoms with Crippen molar-refractivity contribution in [2.75, 3.05) is 33.3 Å². The summed E-state index contributed by atoms with van der Waals surface area (Å²) in [5.41, 5.74) is 0.547. The summed E-state index contributed by atoms with van der Waals surface area (Å²) in [7, 11) is 2.00. The van der Waals surface area contributed by atoms with Crippen LogP contribution in [0.4, 0.5) is 0 Å². The van der Waals surface area contributed by atoms with Crippen LogP contribution in [0.1, 0.15) is 52.5 Å². The van der Waals surface area contributed by atoms with Gasteiger partial charge in [-0.3, -0.25) is 4.79 Å². The Morgan fingerprint density at radius 3 is 2.33 bits per heavy atom. The molecule has 0 atom stereocenters. The van der Waals surface area contributed by atoms with Gasteiger partial charge in [-0.05, 0) is 76.2 Å². The van der Waals surface area contributed by atoms with E-state index in [1.54, 1.807) is 0 Å². The maximum absolute atomic E-state index is 13.1. The zero-order chi connectivity index (χ0) is 19.2. The molecule has 1 aliphatic heterocycles. The van der Waals surface area contributed by atoms with Gasteiger partial charge in [0, 0.05) is 13.1 Å². The quantitative estimate of drug-likeness (QED) is 0.713. The number of hydrogen-bond acceptors (Lipinski definition) is 3. The zero-order valence-electron chi connectivity index (χ0n) is 17.6. The van der Waals surface area contributed by atoms with E-state index in [-0.39, 0.29) is 18.3 Å². The third-order valence-electron chi connectivity index (χ3n) is 5.40. The number of nitrogens with one attached hydrogen (secondary N) is 1. The molecular formula is C22H37ClN2O2. The molecule has 1 N–H and O–H groups in total. The molecule has 0 aliphatic carbocycles. The Morgan fingerprint density at radius 2 is 1.81 bits per heavy atom. The van der Waals surface area contributed by atoms with Crippen LogP contribution in [0.2, 0.25) is 0 Å². The summed E-state index contributed by atoms with van der Waals surface area (Å²) in [6, 6.07) is 8.04. The molecule has 27 heavy (non-hydrogen) atoms. The van der Waals surface area contributed by atoms with E-state index < -0.39 is 5.41 Å². The molecule has 0 radical (unpaired) electrons. The van der Waals surface area contributed by atoms with Gasteiger partial charge >= 0.3 is 0 Å². The van der Waals surface area contributed by atoms with Crippen LogP contribution in [0.5, 0.6) is 5.75 Å². The summed E-state index contributed by atoms with van der Waals surface area (Å²) in [5.74, 6) is 2.35. The van der Waals surface area contributed by atoms with Gasteiger partial charge in [-0.15, -0.1) is 12.4 Å². The molecule has 1 aliphatic rings. The third-order valence-corrected chi connectivity index (χ3v) is 5.40. The monoisotopic (exact) mass is 396 g/mol. The van der Waals surface area contributed by atoms with Crippen LogP contribution in [0.3, 0.4) is 0 Å². The predicted molar refractivity (Wildman–Crippen MR) is 115 cm³/mol. The number of carbonyl (C=O) groups is 1. The smallest absolute Gasteiger partial charge is 0.232 e. The lowest BCUT2D eigenvalue weighted by molar-refractivity contribution is -0.137. The van der Waals surface area contributed by atoms with Gasteiger partial charge in [0.15, 0.2) is 0 Å². The molecule has 0 bridgehead atoms. The number of hydrogen-bond donors (Lipinski definition) is 1. The Labute approximate surface area is 171 Å². The topological polar surface area (TPSA) is 41.6 Å². The Kier molecular flexibility index (Phi) is 9.61. The molecule has 0 saturated carbocycles. The minimum atomic E-state index is -0.506. The van der Waals surface area contributed by atoms with E-state index in [0.29, 0.717) is 12.5 Å². The minimum Gasteiger partial charge on any atom is -0.493 e. The number of carbonyl (C=O) groups excluding carboxylic acids is 1. The van der Waals surface area contributed by atoms with Gasteiger partial charge < -0.3 is 15.0 Å². The van der Waals surface area contributed by atoms with Crippen molar-refractivity contribution in [3.63, 3.8) is 0 Å². The van der Waals surface area contributed by atoms with Crippen molar-refractivity contribution in [2.24, 2.45) is 11.8 Å². The first-order valence-corrected chi connectivity index (χ1v) is 10.0. The number of amides is 1. The first-order valence-electron chi connectivity index (χ1n) is 10.0. The molecule has 154 valence electrons. The lowest BCUT2D eigenvalue weighted by Crippen LogP contribution is -2.47. The second kappa shape index (κ2) is 10.9. The average molecular weight is 397 g/mol. The van der Waals surface area contributed by atoms with E-state index in [4.69, 9.17) is 4.74 Å². The van der Waals surface area contributed by atoms with Crippen molar-refractivity contribution in [1.82, 2.24) is 10.2 Å². The highest BCUT2D eigenvalue weighted by Gasteiger charge is 2.35. The SMILES string of the molecule is CNCCC1CCN(C(=O)C(C)(C)c2ccc(OCC(C)C)cc2)CC1.Cl. The standard InChI is InChI=1S/C22H36N2O2.ClH/c1-17(2)16-26-20-8-6-19(7-9-20)22(3,4)21(25)24-14-11-18(12-15-24)10-13-23-5;/h6-9,17-18,23H,10-16H2,1-5H3;1H. The van der Waals surface area contributed by atoms with Crippen LogP contribution in [0, 0.1) is 11.8 Å². The molecule has 1 saturated heterocycles. The molecule has 1 heterocycles. The van der Waals surface area contributed by atoms with Crippen molar-refractivity contribution in [2.45, 2.75) is 52.4 Å². The molecule has 0 spiro atoms. The maximum Gasteiger partial charge on any atom is 0.232 e. The van der Waals surface area contributed by atoms with E-state index in [9.17, 15) is 4.79 Å². The van der Waals surface area contributed by atoms with Gasteiger partial charge in [-0.25, -0.2) is 0 Å². The molecule has 1 fully saturated rings. The number of likely N-dealkylation sites (tertiary alicyclic amines) is 1. The highest BCUT2D eigenvalue weighted by Crippen LogP contribution is 2.30. The molecule has 0 aromatic heterocycles. The van der Waals surface area contributed by atoms with Crippen LogP contribution >= 0.6 is 12.4 Å². The molecule has 0 unspecified atom stereocenters. The van der Waals surface area contributed by atoms with E-state index >= 15 is 0 Å². The van der Waals surface area contributed by atoms with E-state index in [2.05, 4.69) is 24.1 Å². The van der Waals surface area contributed by atoms with Crippen LogP contribution in [-0.2, 0) is 10.2 Å². The Hall–Kier alpha value is -1.26. The van der Waals surface area contributed by atoms with Crippen molar-refractivity contribution in [3.05, 3.63) is 29.8 Å². The summed E-state index contributed by atoms with van der Waals surface area (Å²) < 4.78 is 5.76. The van der Waals surface area contributed by atoms with Gasteiger partial charge in [-0.2, -0.15) is 0 Å². The van der Waals surface area contributed by atoms with Crippen molar-refractivity contribution in [1.29, 1.82) is 0 Å². The summed E-state index contributed by atoms with van der Waals surface area (Å²) >= 11 is 0. The molecule has 4 nitrogen and oxygen atoms in total. The molecular weight excluding hydrogens is 360 g/mol. The molecule has 5 heteroatoms. The summed E-state index contributed by atoms with van der Waals surface area (Å²) in [5, 5.41) is 3.22. The fourth-order valence-corrected chi connectivity index (χ4v) is 3.52. The fourth-order valence-electron chi connectivity index (χ4n) is 3.52. The fraction of sp³-hybridized carbons (Fsp3) is 0.682. The molecule has 1 aromatic rings. The molecule has 1 amide bonds. The molecule has 1 aromatic carbocycles.